The fourth-order valence-electron chi connectivity index (χ4n) is 4.85. The van der Waals surface area contributed by atoms with Crippen LogP contribution in [0.1, 0.15) is 24.9 Å². The summed E-state index contributed by atoms with van der Waals surface area (Å²) in [7, 11) is 2.77. The number of rotatable bonds is 11. The van der Waals surface area contributed by atoms with E-state index in [9.17, 15) is 24.8 Å². The maximum Gasteiger partial charge on any atom is 0.411 e. The van der Waals surface area contributed by atoms with Crippen LogP contribution in [0.4, 0.5) is 10.5 Å². The molecule has 0 fully saturated rings. The lowest BCUT2D eigenvalue weighted by Crippen LogP contribution is -2.55. The van der Waals surface area contributed by atoms with Crippen LogP contribution in [0, 0.1) is 16.0 Å². The molecule has 2 aromatic rings. The first kappa shape index (κ1) is 29.5. The van der Waals surface area contributed by atoms with Gasteiger partial charge in [-0.1, -0.05) is 24.3 Å². The van der Waals surface area contributed by atoms with Gasteiger partial charge >= 0.3 is 6.09 Å². The highest BCUT2D eigenvalue weighted by Crippen LogP contribution is 2.40. The Morgan fingerprint density at radius 3 is 2.68 bits per heavy atom. The zero-order valence-corrected chi connectivity index (χ0v) is 23.0. The van der Waals surface area contributed by atoms with Gasteiger partial charge in [0, 0.05) is 24.9 Å². The van der Waals surface area contributed by atoms with Crippen molar-refractivity contribution in [1.82, 2.24) is 15.5 Å². The number of aliphatic hydroxyl groups excluding tert-OH is 1. The Morgan fingerprint density at radius 1 is 1.22 bits per heavy atom. The summed E-state index contributed by atoms with van der Waals surface area (Å²) in [6.45, 7) is 2.38. The van der Waals surface area contributed by atoms with Gasteiger partial charge in [-0.3, -0.25) is 19.8 Å². The number of hydrogen-bond acceptors (Lipinski definition) is 11. The van der Waals surface area contributed by atoms with Crippen LogP contribution in [0.3, 0.4) is 0 Å². The number of benzene rings is 2. The zero-order valence-electron chi connectivity index (χ0n) is 23.0. The van der Waals surface area contributed by atoms with Crippen molar-refractivity contribution in [2.75, 3.05) is 33.9 Å². The Morgan fingerprint density at radius 2 is 1.98 bits per heavy atom. The molecule has 41 heavy (non-hydrogen) atoms. The number of nitrogens with zero attached hydrogens (tertiary/aromatic N) is 3. The summed E-state index contributed by atoms with van der Waals surface area (Å²) in [6.07, 6.45) is -0.177. The van der Waals surface area contributed by atoms with Gasteiger partial charge in [0.05, 0.1) is 36.7 Å². The molecule has 0 aromatic heterocycles. The SMILES string of the molecule is COC(=O)N1C(C)NC2=C(C(=O)C(CCNCC(O)COc3ccccc3OC)C=N2)C1c1cccc([N+](=O)[O-])c1. The number of methoxy groups -OCH3 is 2. The van der Waals surface area contributed by atoms with Crippen LogP contribution in [0.2, 0.25) is 0 Å². The van der Waals surface area contributed by atoms with E-state index in [1.165, 1.54) is 37.3 Å². The first-order valence-electron chi connectivity index (χ1n) is 13.1. The second-order valence-electron chi connectivity index (χ2n) is 9.57. The van der Waals surface area contributed by atoms with Crippen molar-refractivity contribution in [2.45, 2.75) is 31.7 Å². The lowest BCUT2D eigenvalue weighted by Gasteiger charge is -2.43. The average molecular weight is 568 g/mol. The van der Waals surface area contributed by atoms with Gasteiger partial charge in [-0.25, -0.2) is 9.79 Å². The number of ketones is 1. The molecular weight excluding hydrogens is 534 g/mol. The molecule has 0 spiro atoms. The minimum Gasteiger partial charge on any atom is -0.493 e. The number of non-ortho nitro benzene ring substituents is 1. The Balaban J connectivity index is 1.43. The number of aliphatic hydroxyl groups is 1. The fourth-order valence-corrected chi connectivity index (χ4v) is 4.85. The van der Waals surface area contributed by atoms with Gasteiger partial charge in [0.25, 0.3) is 5.69 Å². The number of carbonyl (C=O) groups is 2. The van der Waals surface area contributed by atoms with E-state index in [0.717, 1.165) is 0 Å². The Kier molecular flexibility index (Phi) is 9.53. The van der Waals surface area contributed by atoms with E-state index >= 15 is 0 Å². The summed E-state index contributed by atoms with van der Waals surface area (Å²) < 4.78 is 15.9. The third-order valence-electron chi connectivity index (χ3n) is 6.85. The fraction of sp³-hybridized carbons (Fsp3) is 0.393. The second-order valence-corrected chi connectivity index (χ2v) is 9.57. The van der Waals surface area contributed by atoms with Crippen molar-refractivity contribution in [2.24, 2.45) is 10.9 Å². The first-order chi connectivity index (χ1) is 19.7. The van der Waals surface area contributed by atoms with E-state index in [0.29, 0.717) is 35.8 Å². The summed E-state index contributed by atoms with van der Waals surface area (Å²) in [6, 6.07) is 12.0. The zero-order chi connectivity index (χ0) is 29.5. The summed E-state index contributed by atoms with van der Waals surface area (Å²) in [4.78, 5) is 43.3. The number of aliphatic imine (C=N–C) groups is 1. The van der Waals surface area contributed by atoms with E-state index in [1.54, 1.807) is 31.3 Å². The maximum absolute atomic E-state index is 13.8. The van der Waals surface area contributed by atoms with E-state index in [4.69, 9.17) is 14.2 Å². The van der Waals surface area contributed by atoms with Crippen LogP contribution < -0.4 is 20.1 Å². The quantitative estimate of drug-likeness (QED) is 0.209. The highest BCUT2D eigenvalue weighted by atomic mass is 16.6. The second kappa shape index (κ2) is 13.2. The molecule has 4 unspecified atom stereocenters. The number of ether oxygens (including phenoxy) is 3. The molecule has 0 radical (unpaired) electrons. The summed E-state index contributed by atoms with van der Waals surface area (Å²) >= 11 is 0. The molecule has 13 nitrogen and oxygen atoms in total. The van der Waals surface area contributed by atoms with Crippen molar-refractivity contribution < 1.29 is 33.8 Å². The minimum absolute atomic E-state index is 0.0472. The van der Waals surface area contributed by atoms with E-state index in [-0.39, 0.29) is 30.2 Å². The molecule has 2 aromatic carbocycles. The molecule has 2 aliphatic heterocycles. The molecule has 0 saturated heterocycles. The topological polar surface area (TPSA) is 165 Å². The molecule has 218 valence electrons. The molecule has 4 atom stereocenters. The van der Waals surface area contributed by atoms with Gasteiger partial charge in [-0.15, -0.1) is 0 Å². The number of para-hydroxylation sites is 2. The van der Waals surface area contributed by atoms with Crippen LogP contribution in [-0.4, -0.2) is 79.2 Å². The van der Waals surface area contributed by atoms with Crippen molar-refractivity contribution in [3.8, 4) is 11.5 Å². The molecule has 3 N–H and O–H groups in total. The molecule has 0 saturated carbocycles. The molecule has 1 amide bonds. The van der Waals surface area contributed by atoms with Crippen LogP contribution in [0.15, 0.2) is 64.9 Å². The molecule has 0 bridgehead atoms. The van der Waals surface area contributed by atoms with Gasteiger partial charge < -0.3 is 30.0 Å². The van der Waals surface area contributed by atoms with Crippen LogP contribution in [0.25, 0.3) is 0 Å². The number of nitro groups is 1. The number of carbonyl (C=O) groups excluding carboxylic acids is 2. The Labute approximate surface area is 236 Å². The van der Waals surface area contributed by atoms with Gasteiger partial charge in [-0.05, 0) is 37.6 Å². The van der Waals surface area contributed by atoms with E-state index in [2.05, 4.69) is 15.6 Å². The third-order valence-corrected chi connectivity index (χ3v) is 6.85. The summed E-state index contributed by atoms with van der Waals surface area (Å²) in [5.41, 5.74) is 0.457. The summed E-state index contributed by atoms with van der Waals surface area (Å²) in [5, 5.41) is 28.0. The van der Waals surface area contributed by atoms with Crippen molar-refractivity contribution >= 4 is 23.8 Å². The van der Waals surface area contributed by atoms with Crippen LogP contribution in [0.5, 0.6) is 11.5 Å². The molecular formula is C28H33N5O8. The standard InChI is InChI=1S/C28H33N5O8/c1-17-31-27-24(25(32(17)28(36)40-3)18-7-6-8-20(13-18)33(37)38)26(35)19(14-30-27)11-12-29-15-21(34)16-41-23-10-5-4-9-22(23)39-2/h4-10,13-14,17,19,21,25,29,31,34H,11-12,15-16H2,1-3H3. The van der Waals surface area contributed by atoms with Crippen molar-refractivity contribution in [3.05, 3.63) is 75.6 Å². The maximum atomic E-state index is 13.8. The molecule has 13 heteroatoms. The van der Waals surface area contributed by atoms with Gasteiger partial charge in [0.15, 0.2) is 17.3 Å². The molecule has 2 aliphatic rings. The largest absolute Gasteiger partial charge is 0.493 e. The Hall–Kier alpha value is -4.49. The predicted octanol–water partition coefficient (Wildman–Crippen LogP) is 2.56. The van der Waals surface area contributed by atoms with Gasteiger partial charge in [0.2, 0.25) is 0 Å². The predicted molar refractivity (Wildman–Crippen MR) is 149 cm³/mol. The van der Waals surface area contributed by atoms with Crippen LogP contribution >= 0.6 is 0 Å². The highest BCUT2D eigenvalue weighted by molar-refractivity contribution is 6.09. The molecule has 4 rings (SSSR count). The summed E-state index contributed by atoms with van der Waals surface area (Å²) in [5.74, 6) is 0.530. The normalized spacial score (nSPS) is 20.6. The number of nitrogens with one attached hydrogen (secondary N) is 2. The lowest BCUT2D eigenvalue weighted by molar-refractivity contribution is -0.384. The smallest absolute Gasteiger partial charge is 0.411 e. The minimum atomic E-state index is -0.942. The number of amides is 1. The number of nitro benzene ring substituents is 1. The van der Waals surface area contributed by atoms with Crippen LogP contribution in [-0.2, 0) is 9.53 Å². The van der Waals surface area contributed by atoms with Gasteiger partial charge in [-0.2, -0.15) is 0 Å². The molecule has 2 heterocycles. The number of hydrogen-bond donors (Lipinski definition) is 3. The Bertz CT molecular complexity index is 1350. The van der Waals surface area contributed by atoms with Gasteiger partial charge in [0.1, 0.15) is 24.7 Å². The van der Waals surface area contributed by atoms with Crippen molar-refractivity contribution in [3.63, 3.8) is 0 Å². The number of Topliss-reactive ketones (excluding diaryl/α,β-unsaturated/α-hetero) is 1. The lowest BCUT2D eigenvalue weighted by atomic mass is 9.84. The van der Waals surface area contributed by atoms with Crippen molar-refractivity contribution in [1.29, 1.82) is 0 Å². The van der Waals surface area contributed by atoms with E-state index in [1.807, 2.05) is 12.1 Å². The average Bonchev–Trinajstić information content (AvgIpc) is 2.98. The third kappa shape index (κ3) is 6.64. The molecule has 0 aliphatic carbocycles. The van der Waals surface area contributed by atoms with E-state index < -0.39 is 35.2 Å². The highest BCUT2D eigenvalue weighted by Gasteiger charge is 2.44. The first-order valence-corrected chi connectivity index (χ1v) is 13.1. The monoisotopic (exact) mass is 567 g/mol.